The maximum absolute atomic E-state index is 13.7. The van der Waals surface area contributed by atoms with Crippen LogP contribution in [0.3, 0.4) is 0 Å². The molecule has 0 unspecified atom stereocenters. The van der Waals surface area contributed by atoms with Crippen LogP contribution in [0.5, 0.6) is 28.7 Å². The molecule has 0 saturated heterocycles. The molecule has 4 aromatic carbocycles. The van der Waals surface area contributed by atoms with Gasteiger partial charge >= 0.3 is 5.97 Å². The van der Waals surface area contributed by atoms with Gasteiger partial charge in [-0.2, -0.15) is 9.78 Å². The van der Waals surface area contributed by atoms with E-state index in [0.717, 1.165) is 4.47 Å². The van der Waals surface area contributed by atoms with Gasteiger partial charge < -0.3 is 23.7 Å². The number of ether oxygens (including phenoxy) is 5. The molecule has 43 heavy (non-hydrogen) atoms. The van der Waals surface area contributed by atoms with Crippen molar-refractivity contribution in [3.05, 3.63) is 105 Å². The third kappa shape index (κ3) is 6.07. The summed E-state index contributed by atoms with van der Waals surface area (Å²) in [5.74, 6) is 1.46. The van der Waals surface area contributed by atoms with Gasteiger partial charge in [0, 0.05) is 10.0 Å². The monoisotopic (exact) mass is 643 g/mol. The van der Waals surface area contributed by atoms with Crippen molar-refractivity contribution in [2.75, 3.05) is 28.4 Å². The molecule has 0 N–H and O–H groups in total. The van der Waals surface area contributed by atoms with Crippen LogP contribution in [0, 0.1) is 0 Å². The first-order chi connectivity index (χ1) is 20.9. The molecule has 1 aromatic heterocycles. The van der Waals surface area contributed by atoms with Gasteiger partial charge in [0.2, 0.25) is 5.75 Å². The van der Waals surface area contributed by atoms with E-state index >= 15 is 0 Å². The number of carbonyl (C=O) groups excluding carboxylic acids is 1. The van der Waals surface area contributed by atoms with Gasteiger partial charge in [-0.15, -0.1) is 0 Å². The number of hydrogen-bond donors (Lipinski definition) is 0. The van der Waals surface area contributed by atoms with Crippen LogP contribution in [0.25, 0.3) is 22.3 Å². The zero-order valence-corrected chi connectivity index (χ0v) is 25.2. The van der Waals surface area contributed by atoms with Crippen LogP contribution < -0.4 is 29.2 Å². The number of nitrogens with zero attached hydrogens (tertiary/aromatic N) is 3. The highest BCUT2D eigenvalue weighted by Crippen LogP contribution is 2.41. The minimum Gasteiger partial charge on any atom is -0.493 e. The molecule has 0 amide bonds. The number of fused-ring (bicyclic) bond motifs is 1. The summed E-state index contributed by atoms with van der Waals surface area (Å²) in [5.41, 5.74) is 1.61. The number of hydrogen-bond acceptors (Lipinski definition) is 9. The number of benzene rings is 4. The second-order valence-electron chi connectivity index (χ2n) is 9.03. The summed E-state index contributed by atoms with van der Waals surface area (Å²) >= 11 is 3.35. The van der Waals surface area contributed by atoms with E-state index in [1.165, 1.54) is 39.3 Å². The first-order valence-corrected chi connectivity index (χ1v) is 13.7. The van der Waals surface area contributed by atoms with Crippen LogP contribution >= 0.6 is 15.9 Å². The molecular weight excluding hydrogens is 618 g/mol. The number of carbonyl (C=O) groups is 1. The Balaban J connectivity index is 1.56. The van der Waals surface area contributed by atoms with Crippen LogP contribution in [0.1, 0.15) is 15.9 Å². The van der Waals surface area contributed by atoms with Gasteiger partial charge in [-0.3, -0.25) is 4.79 Å². The number of methoxy groups -OCH3 is 4. The summed E-state index contributed by atoms with van der Waals surface area (Å²) < 4.78 is 29.6. The fraction of sp³-hybridized carbons (Fsp3) is 0.125. The topological polar surface area (TPSA) is 110 Å². The molecular formula is C32H26BrN3O7. The molecule has 5 aromatic rings. The molecule has 0 saturated carbocycles. The first-order valence-electron chi connectivity index (χ1n) is 12.9. The van der Waals surface area contributed by atoms with E-state index in [4.69, 9.17) is 28.7 Å². The van der Waals surface area contributed by atoms with Crippen molar-refractivity contribution < 1.29 is 28.5 Å². The maximum atomic E-state index is 13.7. The normalized spacial score (nSPS) is 11.0. The maximum Gasteiger partial charge on any atom is 0.343 e. The molecule has 0 radical (unpaired) electrons. The van der Waals surface area contributed by atoms with Crippen molar-refractivity contribution in [1.29, 1.82) is 0 Å². The highest BCUT2D eigenvalue weighted by molar-refractivity contribution is 9.10. The van der Waals surface area contributed by atoms with E-state index in [-0.39, 0.29) is 17.1 Å². The van der Waals surface area contributed by atoms with E-state index < -0.39 is 5.97 Å². The molecule has 1 heterocycles. The second-order valence-corrected chi connectivity index (χ2v) is 9.95. The predicted octanol–water partition coefficient (Wildman–Crippen LogP) is 5.96. The fourth-order valence-electron chi connectivity index (χ4n) is 4.35. The Bertz CT molecular complexity index is 1880. The Morgan fingerprint density at radius 3 is 2.14 bits per heavy atom. The number of halogens is 1. The third-order valence-corrected chi connectivity index (χ3v) is 7.00. The van der Waals surface area contributed by atoms with E-state index in [2.05, 4.69) is 21.0 Å². The van der Waals surface area contributed by atoms with Gasteiger partial charge in [0.1, 0.15) is 0 Å². The molecule has 0 aliphatic rings. The van der Waals surface area contributed by atoms with Gasteiger partial charge in [0.15, 0.2) is 28.8 Å². The zero-order chi connectivity index (χ0) is 30.5. The van der Waals surface area contributed by atoms with E-state index in [1.807, 2.05) is 0 Å². The van der Waals surface area contributed by atoms with Crippen molar-refractivity contribution in [3.63, 3.8) is 0 Å². The SMILES string of the molecule is COc1cc(C=Nn2c(-c3cc(OC)c(OC)c(OC)c3)nc3ccccc3c2=O)ccc1OC(=O)c1ccc(Br)cc1. The quantitative estimate of drug-likeness (QED) is 0.110. The van der Waals surface area contributed by atoms with Crippen LogP contribution in [0.2, 0.25) is 0 Å². The summed E-state index contributed by atoms with van der Waals surface area (Å²) in [6.45, 7) is 0. The van der Waals surface area contributed by atoms with Crippen molar-refractivity contribution in [2.45, 2.75) is 0 Å². The highest BCUT2D eigenvalue weighted by Gasteiger charge is 2.19. The highest BCUT2D eigenvalue weighted by atomic mass is 79.9. The molecule has 0 atom stereocenters. The molecule has 5 rings (SSSR count). The zero-order valence-electron chi connectivity index (χ0n) is 23.7. The van der Waals surface area contributed by atoms with Crippen molar-refractivity contribution in [3.8, 4) is 40.1 Å². The molecule has 0 spiro atoms. The Kier molecular flexibility index (Phi) is 8.72. The lowest BCUT2D eigenvalue weighted by Gasteiger charge is -2.15. The summed E-state index contributed by atoms with van der Waals surface area (Å²) in [4.78, 5) is 31.1. The van der Waals surface area contributed by atoms with Gasteiger partial charge in [-0.05, 0) is 72.3 Å². The minimum absolute atomic E-state index is 0.232. The molecule has 0 aliphatic heterocycles. The average Bonchev–Trinajstić information content (AvgIpc) is 3.04. The molecule has 218 valence electrons. The Labute approximate surface area is 255 Å². The van der Waals surface area contributed by atoms with Gasteiger partial charge in [0.05, 0.1) is 51.1 Å². The van der Waals surface area contributed by atoms with Crippen molar-refractivity contribution in [2.24, 2.45) is 5.10 Å². The number of rotatable bonds is 9. The van der Waals surface area contributed by atoms with Gasteiger partial charge in [0.25, 0.3) is 5.56 Å². The third-order valence-electron chi connectivity index (χ3n) is 6.47. The standard InChI is InChI=1S/C32H26BrN3O7/c1-39-26-15-19(9-14-25(26)43-32(38)20-10-12-22(33)13-11-20)18-34-36-30(35-24-8-6-5-7-23(24)31(36)37)21-16-27(40-2)29(42-4)28(17-21)41-3/h5-18H,1-4H3. The summed E-state index contributed by atoms with van der Waals surface area (Å²) in [6.07, 6.45) is 1.49. The fourth-order valence-corrected chi connectivity index (χ4v) is 4.61. The van der Waals surface area contributed by atoms with E-state index in [9.17, 15) is 9.59 Å². The lowest BCUT2D eigenvalue weighted by Crippen LogP contribution is -2.20. The van der Waals surface area contributed by atoms with Crippen molar-refractivity contribution >= 4 is 39.0 Å². The molecule has 0 aliphatic carbocycles. The first kappa shape index (κ1) is 29.3. The number of aromatic nitrogens is 2. The number of esters is 1. The summed E-state index contributed by atoms with van der Waals surface area (Å²) in [5, 5.41) is 4.91. The summed E-state index contributed by atoms with van der Waals surface area (Å²) in [7, 11) is 5.99. The van der Waals surface area contributed by atoms with Gasteiger partial charge in [-0.1, -0.05) is 28.1 Å². The predicted molar refractivity (Wildman–Crippen MR) is 166 cm³/mol. The molecule has 10 nitrogen and oxygen atoms in total. The smallest absolute Gasteiger partial charge is 0.343 e. The second kappa shape index (κ2) is 12.8. The molecule has 0 bridgehead atoms. The Morgan fingerprint density at radius 1 is 0.814 bits per heavy atom. The van der Waals surface area contributed by atoms with E-state index in [1.54, 1.807) is 78.9 Å². The van der Waals surface area contributed by atoms with Crippen LogP contribution in [-0.4, -0.2) is 50.3 Å². The van der Waals surface area contributed by atoms with Crippen molar-refractivity contribution in [1.82, 2.24) is 9.66 Å². The lowest BCUT2D eigenvalue weighted by atomic mass is 10.1. The van der Waals surface area contributed by atoms with E-state index in [0.29, 0.717) is 50.6 Å². The van der Waals surface area contributed by atoms with Crippen LogP contribution in [-0.2, 0) is 0 Å². The molecule has 11 heteroatoms. The Morgan fingerprint density at radius 2 is 1.49 bits per heavy atom. The average molecular weight is 644 g/mol. The summed E-state index contributed by atoms with van der Waals surface area (Å²) in [6, 6.07) is 22.1. The van der Waals surface area contributed by atoms with Crippen LogP contribution in [0.4, 0.5) is 0 Å². The van der Waals surface area contributed by atoms with Crippen LogP contribution in [0.15, 0.2) is 93.2 Å². The lowest BCUT2D eigenvalue weighted by molar-refractivity contribution is 0.0729. The largest absolute Gasteiger partial charge is 0.493 e. The van der Waals surface area contributed by atoms with Gasteiger partial charge in [-0.25, -0.2) is 9.78 Å². The molecule has 0 fully saturated rings. The minimum atomic E-state index is -0.531. The Hall–Kier alpha value is -5.16. The number of para-hydroxylation sites is 1.